The van der Waals surface area contributed by atoms with E-state index in [1.807, 2.05) is 0 Å². The summed E-state index contributed by atoms with van der Waals surface area (Å²) in [6.07, 6.45) is 26.0. The van der Waals surface area contributed by atoms with Crippen molar-refractivity contribution < 1.29 is 13.1 Å². The fourth-order valence-corrected chi connectivity index (χ4v) is 34.4. The number of hydrogen-bond donors (Lipinski definition) is 0. The Morgan fingerprint density at radius 3 is 0.730 bits per heavy atom. The third kappa shape index (κ3) is 2.48. The second-order valence-corrected chi connectivity index (χ2v) is 26.2. The molecule has 0 spiro atoms. The molecule has 0 nitrogen and oxygen atoms in total. The predicted octanol–water partition coefficient (Wildman–Crippen LogP) is 11.7. The molecule has 1 heteroatoms. The van der Waals surface area contributed by atoms with Crippen molar-refractivity contribution in [2.24, 2.45) is 45.3 Å². The molecule has 0 aromatic rings. The summed E-state index contributed by atoms with van der Waals surface area (Å²) in [6.45, 7) is 22.5. The Bertz CT molecular complexity index is 882. The Labute approximate surface area is 233 Å². The molecule has 0 aromatic carbocycles. The zero-order valence-electron chi connectivity index (χ0n) is 26.0. The van der Waals surface area contributed by atoms with Crippen LogP contribution in [0.4, 0.5) is 0 Å². The van der Waals surface area contributed by atoms with Crippen molar-refractivity contribution in [3.63, 3.8) is 0 Å². The fourth-order valence-electron chi connectivity index (χ4n) is 16.4. The molecule has 0 N–H and O–H groups in total. The topological polar surface area (TPSA) is 0 Å². The molecule has 8 fully saturated rings. The summed E-state index contributed by atoms with van der Waals surface area (Å²) in [4.78, 5) is 0. The van der Waals surface area contributed by atoms with Gasteiger partial charge in [-0.1, -0.05) is 0 Å². The van der Waals surface area contributed by atoms with Crippen molar-refractivity contribution in [1.82, 2.24) is 0 Å². The molecule has 0 saturated heterocycles. The second-order valence-electron chi connectivity index (χ2n) is 19.2. The van der Waals surface area contributed by atoms with Gasteiger partial charge in [0.1, 0.15) is 0 Å². The van der Waals surface area contributed by atoms with Crippen molar-refractivity contribution in [1.29, 1.82) is 0 Å². The van der Waals surface area contributed by atoms with Gasteiger partial charge in [0.05, 0.1) is 0 Å². The average molecular weight is 545 g/mol. The predicted molar refractivity (Wildman–Crippen MR) is 154 cm³/mol. The van der Waals surface area contributed by atoms with Crippen molar-refractivity contribution in [3.05, 3.63) is 0 Å². The summed E-state index contributed by atoms with van der Waals surface area (Å²) < 4.78 is 3.01. The van der Waals surface area contributed by atoms with E-state index in [9.17, 15) is 0 Å². The molecular weight excluding hydrogens is 484 g/mol. The number of fused-ring (bicyclic) bond motifs is 8. The first kappa shape index (κ1) is 25.3. The first-order valence-corrected chi connectivity index (χ1v) is 19.5. The number of hydrogen-bond acceptors (Lipinski definition) is 0. The quantitative estimate of drug-likeness (QED) is 0.330. The molecule has 0 heterocycles. The minimum atomic E-state index is -2.25. The zero-order valence-corrected chi connectivity index (χ0v) is 27.3. The molecule has 0 amide bonds. The first-order valence-electron chi connectivity index (χ1n) is 17.0. The summed E-state index contributed by atoms with van der Waals surface area (Å²) in [5.74, 6) is 4.01. The Morgan fingerprint density at radius 1 is 0.378 bits per heavy atom. The molecule has 8 saturated carbocycles. The maximum atomic E-state index is 2.86. The molecule has 210 valence electrons. The van der Waals surface area contributed by atoms with Crippen LogP contribution in [0, 0.1) is 45.3 Å². The van der Waals surface area contributed by atoms with Crippen LogP contribution >= 0.6 is 0 Å². The normalized spacial score (nSPS) is 67.7. The second kappa shape index (κ2) is 6.77. The van der Waals surface area contributed by atoms with E-state index in [0.29, 0.717) is 21.7 Å². The van der Waals surface area contributed by atoms with E-state index in [-0.39, 0.29) is 0 Å². The van der Waals surface area contributed by atoms with Gasteiger partial charge in [-0.2, -0.15) is 0 Å². The summed E-state index contributed by atoms with van der Waals surface area (Å²) in [6, 6.07) is 0. The average Bonchev–Trinajstić information content (AvgIpc) is 3.62. The molecule has 8 rings (SSSR count). The van der Waals surface area contributed by atoms with Gasteiger partial charge in [0, 0.05) is 0 Å². The van der Waals surface area contributed by atoms with Gasteiger partial charge in [-0.05, 0) is 0 Å². The third-order valence-electron chi connectivity index (χ3n) is 16.7. The zero-order chi connectivity index (χ0) is 26.1. The van der Waals surface area contributed by atoms with Crippen molar-refractivity contribution in [3.8, 4) is 0 Å². The Balaban J connectivity index is 1.51. The monoisotopic (exact) mass is 544 g/mol. The van der Waals surface area contributed by atoms with E-state index in [2.05, 4.69) is 55.4 Å². The molecule has 12 unspecified atom stereocenters. The molecule has 8 aliphatic carbocycles. The standard InChI is InChI=1S/4C9H15.Cr/c4*1-7-5-9(2)4-3-8(7)6-9;/h4*7H,3-6H2,1-2H3;. The summed E-state index contributed by atoms with van der Waals surface area (Å²) in [7, 11) is 0. The van der Waals surface area contributed by atoms with Crippen LogP contribution in [-0.2, 0) is 13.1 Å². The van der Waals surface area contributed by atoms with Crippen LogP contribution in [0.25, 0.3) is 0 Å². The van der Waals surface area contributed by atoms with Gasteiger partial charge in [-0.25, -0.2) is 0 Å². The van der Waals surface area contributed by atoms with Crippen molar-refractivity contribution in [2.45, 2.75) is 175 Å². The van der Waals surface area contributed by atoms with Crippen LogP contribution in [0.1, 0.15) is 158 Å². The molecule has 8 bridgehead atoms. The molecule has 0 aliphatic heterocycles. The van der Waals surface area contributed by atoms with Gasteiger partial charge in [0.2, 0.25) is 0 Å². The summed E-state index contributed by atoms with van der Waals surface area (Å²) >= 11 is -2.25. The molecule has 0 aromatic heterocycles. The van der Waals surface area contributed by atoms with Crippen molar-refractivity contribution in [2.75, 3.05) is 0 Å². The van der Waals surface area contributed by atoms with Crippen LogP contribution in [0.2, 0.25) is 17.1 Å². The Kier molecular flexibility index (Phi) is 4.62. The molecular formula is C36H60Cr. The van der Waals surface area contributed by atoms with Gasteiger partial charge in [0.25, 0.3) is 0 Å². The SMILES string of the molecule is CC1CC2(C)CC[C]1([Cr]([C]13CCC(C)(CC1C)C3)([C]13CCC(C)(CC1C)C3)[C]13CCC(C)(CC1C)C3)C2. The molecule has 12 atom stereocenters. The van der Waals surface area contributed by atoms with Crippen LogP contribution in [0.15, 0.2) is 0 Å². The number of rotatable bonds is 4. The van der Waals surface area contributed by atoms with Crippen molar-refractivity contribution >= 4 is 0 Å². The molecule has 37 heavy (non-hydrogen) atoms. The summed E-state index contributed by atoms with van der Waals surface area (Å²) in [5.41, 5.74) is 2.68. The molecule has 8 aliphatic rings. The van der Waals surface area contributed by atoms with Crippen LogP contribution in [-0.4, -0.2) is 0 Å². The third-order valence-corrected chi connectivity index (χ3v) is 29.0. The Morgan fingerprint density at radius 2 is 0.595 bits per heavy atom. The van der Waals surface area contributed by atoms with E-state index in [1.165, 1.54) is 0 Å². The van der Waals surface area contributed by atoms with Gasteiger partial charge in [-0.3, -0.25) is 0 Å². The fraction of sp³-hybridized carbons (Fsp3) is 1.00. The molecule has 0 radical (unpaired) electrons. The Hall–Kier alpha value is 0.532. The van der Waals surface area contributed by atoms with E-state index in [1.54, 1.807) is 103 Å². The van der Waals surface area contributed by atoms with Crippen LogP contribution < -0.4 is 0 Å². The minimum absolute atomic E-state index is 0.670. The maximum absolute atomic E-state index is 2.86. The van der Waals surface area contributed by atoms with Gasteiger partial charge < -0.3 is 0 Å². The van der Waals surface area contributed by atoms with E-state index in [4.69, 9.17) is 0 Å². The van der Waals surface area contributed by atoms with E-state index >= 15 is 0 Å². The van der Waals surface area contributed by atoms with E-state index < -0.39 is 13.1 Å². The van der Waals surface area contributed by atoms with E-state index in [0.717, 1.165) is 40.8 Å². The van der Waals surface area contributed by atoms with Gasteiger partial charge in [-0.15, -0.1) is 0 Å². The van der Waals surface area contributed by atoms with Crippen LogP contribution in [0.3, 0.4) is 0 Å². The van der Waals surface area contributed by atoms with Gasteiger partial charge in [0.15, 0.2) is 0 Å². The van der Waals surface area contributed by atoms with Gasteiger partial charge >= 0.3 is 234 Å². The first-order chi connectivity index (χ1) is 17.2. The van der Waals surface area contributed by atoms with Crippen LogP contribution in [0.5, 0.6) is 0 Å². The summed E-state index contributed by atoms with van der Waals surface area (Å²) in [5, 5.41) is 0.